The molecule has 0 aliphatic heterocycles. The van der Waals surface area contributed by atoms with E-state index in [9.17, 15) is 19.5 Å². The lowest BCUT2D eigenvalue weighted by Crippen LogP contribution is -2.55. The zero-order valence-electron chi connectivity index (χ0n) is 29.7. The van der Waals surface area contributed by atoms with Crippen LogP contribution in [0.15, 0.2) is 77.8 Å². The van der Waals surface area contributed by atoms with Gasteiger partial charge in [0.15, 0.2) is 0 Å². The van der Waals surface area contributed by atoms with Crippen LogP contribution >= 0.6 is 22.7 Å². The van der Waals surface area contributed by atoms with Crippen LogP contribution < -0.4 is 16.0 Å². The molecular weight excluding hydrogens is 689 g/mol. The number of aliphatic hydroxyl groups is 1. The largest absolute Gasteiger partial charge is 0.444 e. The third-order valence-electron chi connectivity index (χ3n) is 8.13. The van der Waals surface area contributed by atoms with Crippen LogP contribution in [0.25, 0.3) is 0 Å². The van der Waals surface area contributed by atoms with Gasteiger partial charge in [0.1, 0.15) is 12.6 Å². The van der Waals surface area contributed by atoms with Crippen LogP contribution in [0.1, 0.15) is 66.7 Å². The number of amides is 4. The molecule has 0 saturated heterocycles. The fourth-order valence-electron chi connectivity index (χ4n) is 5.39. The number of nitrogens with zero attached hydrogens (tertiary/aromatic N) is 3. The Labute approximate surface area is 308 Å². The van der Waals surface area contributed by atoms with Gasteiger partial charge in [-0.2, -0.15) is 0 Å². The lowest BCUT2D eigenvalue weighted by molar-refractivity contribution is -0.124. The third-order valence-corrected chi connectivity index (χ3v) is 10.1. The maximum Gasteiger partial charge on any atom is 0.407 e. The van der Waals surface area contributed by atoms with Crippen molar-refractivity contribution in [1.82, 2.24) is 30.8 Å². The summed E-state index contributed by atoms with van der Waals surface area (Å²) >= 11 is 2.95. The molecule has 0 saturated carbocycles. The minimum Gasteiger partial charge on any atom is -0.444 e. The number of hydrogen-bond acceptors (Lipinski definition) is 9. The molecular formula is C37H50N6O6S2. The molecule has 4 rings (SSSR count). The molecule has 4 unspecified atom stereocenters. The van der Waals surface area contributed by atoms with Gasteiger partial charge in [0.2, 0.25) is 5.91 Å². The first-order valence-corrected chi connectivity index (χ1v) is 18.6. The van der Waals surface area contributed by atoms with E-state index < -0.39 is 30.3 Å². The lowest BCUT2D eigenvalue weighted by atomic mass is 9.93. The molecule has 2 aromatic heterocycles. The molecule has 4 aromatic rings. The highest BCUT2D eigenvalue weighted by atomic mass is 32.1. The van der Waals surface area contributed by atoms with E-state index in [1.807, 2.05) is 79.9 Å². The second-order valence-corrected chi connectivity index (χ2v) is 14.9. The molecule has 4 atom stereocenters. The number of urea groups is 1. The summed E-state index contributed by atoms with van der Waals surface area (Å²) in [4.78, 5) is 51.0. The maximum atomic E-state index is 13.9. The fourth-order valence-corrected chi connectivity index (χ4v) is 6.72. The number of benzene rings is 2. The molecule has 0 aliphatic rings. The SMILES string of the molecule is CC(C)c1nc(CN(C)C(=O)NC(C(=O)NC(Cc2ccccc2)CC(O)C(Cc2ccccc2)NC(=O)OCc2cncs2)C(C)C)cs1.O. The molecule has 2 aromatic carbocycles. The van der Waals surface area contributed by atoms with E-state index in [1.54, 1.807) is 30.1 Å². The second-order valence-electron chi connectivity index (χ2n) is 13.0. The van der Waals surface area contributed by atoms with Crippen LogP contribution in [0.4, 0.5) is 9.59 Å². The smallest absolute Gasteiger partial charge is 0.407 e. The van der Waals surface area contributed by atoms with Crippen LogP contribution in [0.3, 0.4) is 0 Å². The molecule has 12 nitrogen and oxygen atoms in total. The Balaban J connectivity index is 0.00000702. The van der Waals surface area contributed by atoms with Crippen molar-refractivity contribution in [1.29, 1.82) is 0 Å². The number of aliphatic hydroxyl groups excluding tert-OH is 1. The summed E-state index contributed by atoms with van der Waals surface area (Å²) < 4.78 is 5.42. The summed E-state index contributed by atoms with van der Waals surface area (Å²) in [6.45, 7) is 8.28. The molecule has 276 valence electrons. The fraction of sp³-hybridized carbons (Fsp3) is 0.432. The van der Waals surface area contributed by atoms with Crippen LogP contribution in [0.5, 0.6) is 0 Å². The van der Waals surface area contributed by atoms with E-state index in [4.69, 9.17) is 4.74 Å². The number of carbonyl (C=O) groups excluding carboxylic acids is 3. The molecule has 0 spiro atoms. The zero-order chi connectivity index (χ0) is 36.0. The van der Waals surface area contributed by atoms with Gasteiger partial charge in [0.05, 0.1) is 39.8 Å². The first kappa shape index (κ1) is 41.1. The first-order chi connectivity index (χ1) is 24.0. The number of ether oxygens (including phenoxy) is 1. The monoisotopic (exact) mass is 738 g/mol. The number of nitrogens with one attached hydrogen (secondary N) is 3. The van der Waals surface area contributed by atoms with Crippen LogP contribution in [0, 0.1) is 5.92 Å². The number of aromatic nitrogens is 2. The quantitative estimate of drug-likeness (QED) is 0.117. The first-order valence-electron chi connectivity index (χ1n) is 16.8. The molecule has 0 bridgehead atoms. The van der Waals surface area contributed by atoms with E-state index in [2.05, 4.69) is 39.8 Å². The molecule has 2 heterocycles. The predicted molar refractivity (Wildman–Crippen MR) is 201 cm³/mol. The van der Waals surface area contributed by atoms with E-state index >= 15 is 0 Å². The molecule has 14 heteroatoms. The number of hydrogen-bond donors (Lipinski definition) is 4. The second kappa shape index (κ2) is 20.5. The Morgan fingerprint density at radius 3 is 2.12 bits per heavy atom. The van der Waals surface area contributed by atoms with Gasteiger partial charge >= 0.3 is 12.1 Å². The number of carbonyl (C=O) groups is 3. The highest BCUT2D eigenvalue weighted by Gasteiger charge is 2.31. The van der Waals surface area contributed by atoms with Gasteiger partial charge in [0, 0.05) is 30.6 Å². The summed E-state index contributed by atoms with van der Waals surface area (Å²) in [5.41, 5.74) is 4.35. The highest BCUT2D eigenvalue weighted by molar-refractivity contribution is 7.09. The lowest BCUT2D eigenvalue weighted by Gasteiger charge is -2.30. The zero-order valence-corrected chi connectivity index (χ0v) is 31.4. The molecule has 0 fully saturated rings. The molecule has 0 radical (unpaired) electrons. The standard InChI is InChI=1S/C37H48N6O5S2.H2O/c1-24(2)33(42-36(46)43(5)20-29-22-49-35(40-29)25(3)4)34(45)39-28(16-26-12-8-6-9-13-26)18-32(44)31(17-27-14-10-7-11-15-27)41-37(47)48-21-30-19-38-23-50-30;/h6-15,19,22-25,28,31-33,44H,16-18,20-21H2,1-5H3,(H,39,45)(H,41,47)(H,42,46);1H2. The summed E-state index contributed by atoms with van der Waals surface area (Å²) in [6.07, 6.45) is 0.836. The highest BCUT2D eigenvalue weighted by Crippen LogP contribution is 2.20. The Hall–Kier alpha value is -4.37. The molecule has 6 N–H and O–H groups in total. The van der Waals surface area contributed by atoms with E-state index in [1.165, 1.54) is 16.2 Å². The van der Waals surface area contributed by atoms with Crippen molar-refractivity contribution in [2.45, 2.75) is 90.3 Å². The van der Waals surface area contributed by atoms with Crippen molar-refractivity contribution in [2.24, 2.45) is 5.92 Å². The number of thiazole rings is 2. The van der Waals surface area contributed by atoms with Crippen molar-refractivity contribution in [3.05, 3.63) is 104 Å². The van der Waals surface area contributed by atoms with E-state index in [-0.39, 0.29) is 36.4 Å². The molecule has 51 heavy (non-hydrogen) atoms. The molecule has 0 aliphatic carbocycles. The van der Waals surface area contributed by atoms with Gasteiger partial charge in [-0.05, 0) is 36.3 Å². The van der Waals surface area contributed by atoms with E-state index in [0.29, 0.717) is 25.3 Å². The topological polar surface area (TPSA) is 177 Å². The van der Waals surface area contributed by atoms with Crippen LogP contribution in [0.2, 0.25) is 0 Å². The Morgan fingerprint density at radius 1 is 0.902 bits per heavy atom. The maximum absolute atomic E-state index is 13.9. The number of rotatable bonds is 17. The predicted octanol–water partition coefficient (Wildman–Crippen LogP) is 5.08. The van der Waals surface area contributed by atoms with Gasteiger partial charge < -0.3 is 36.2 Å². The van der Waals surface area contributed by atoms with E-state index in [0.717, 1.165) is 26.7 Å². The van der Waals surface area contributed by atoms with Gasteiger partial charge in [-0.25, -0.2) is 14.6 Å². The van der Waals surface area contributed by atoms with Crippen LogP contribution in [-0.2, 0) is 35.5 Å². The summed E-state index contributed by atoms with van der Waals surface area (Å²) in [5, 5.41) is 23.5. The minimum atomic E-state index is -1.05. The van der Waals surface area contributed by atoms with Crippen molar-refractivity contribution in [2.75, 3.05) is 7.05 Å². The van der Waals surface area contributed by atoms with Gasteiger partial charge in [0.25, 0.3) is 0 Å². The summed E-state index contributed by atoms with van der Waals surface area (Å²) in [5.74, 6) is -0.277. The summed E-state index contributed by atoms with van der Waals surface area (Å²) in [6, 6.07) is 16.8. The Bertz CT molecular complexity index is 1620. The summed E-state index contributed by atoms with van der Waals surface area (Å²) in [7, 11) is 1.68. The Kier molecular flexibility index (Phi) is 16.5. The normalized spacial score (nSPS) is 13.4. The van der Waals surface area contributed by atoms with Crippen molar-refractivity contribution >= 4 is 40.7 Å². The third kappa shape index (κ3) is 13.4. The van der Waals surface area contributed by atoms with Crippen LogP contribution in [-0.4, -0.2) is 74.8 Å². The van der Waals surface area contributed by atoms with Crippen molar-refractivity contribution < 1.29 is 29.7 Å². The minimum absolute atomic E-state index is 0. The average molecular weight is 739 g/mol. The number of alkyl carbamates (subject to hydrolysis) is 1. The molecule has 4 amide bonds. The van der Waals surface area contributed by atoms with Crippen molar-refractivity contribution in [3.8, 4) is 0 Å². The van der Waals surface area contributed by atoms with Gasteiger partial charge in [-0.15, -0.1) is 22.7 Å². The van der Waals surface area contributed by atoms with Gasteiger partial charge in [-0.1, -0.05) is 88.4 Å². The van der Waals surface area contributed by atoms with Crippen molar-refractivity contribution in [3.63, 3.8) is 0 Å². The Morgan fingerprint density at radius 2 is 1.55 bits per heavy atom. The average Bonchev–Trinajstić information content (AvgIpc) is 3.79. The van der Waals surface area contributed by atoms with Gasteiger partial charge in [-0.3, -0.25) is 9.78 Å².